The van der Waals surface area contributed by atoms with E-state index in [9.17, 15) is 0 Å². The molecular formula is C12H19N5. The van der Waals surface area contributed by atoms with Crippen molar-refractivity contribution < 1.29 is 0 Å². The molecule has 0 bridgehead atoms. The quantitative estimate of drug-likeness (QED) is 0.558. The largest absolute Gasteiger partial charge is 0.370 e. The minimum atomic E-state index is 0.254. The summed E-state index contributed by atoms with van der Waals surface area (Å²) < 4.78 is 0. The fourth-order valence-corrected chi connectivity index (χ4v) is 1.41. The van der Waals surface area contributed by atoms with E-state index in [-0.39, 0.29) is 6.54 Å². The number of aromatic nitrogens is 2. The lowest BCUT2D eigenvalue weighted by molar-refractivity contribution is 0.566. The summed E-state index contributed by atoms with van der Waals surface area (Å²) in [6.07, 6.45) is 3.82. The molecule has 0 aliphatic rings. The van der Waals surface area contributed by atoms with Gasteiger partial charge in [-0.3, -0.25) is 0 Å². The van der Waals surface area contributed by atoms with Crippen molar-refractivity contribution in [1.29, 1.82) is 5.26 Å². The van der Waals surface area contributed by atoms with Crippen molar-refractivity contribution in [3.05, 3.63) is 12.4 Å². The van der Waals surface area contributed by atoms with Gasteiger partial charge in [-0.2, -0.15) is 5.26 Å². The fraction of sp³-hybridized carbons (Fsp3) is 0.583. The Kier molecular flexibility index (Phi) is 5.80. The van der Waals surface area contributed by atoms with E-state index in [1.54, 1.807) is 0 Å². The molecule has 1 rings (SSSR count). The van der Waals surface area contributed by atoms with Gasteiger partial charge in [0.15, 0.2) is 0 Å². The van der Waals surface area contributed by atoms with E-state index < -0.39 is 0 Å². The normalized spacial score (nSPS) is 10.0. The van der Waals surface area contributed by atoms with Crippen LogP contribution in [0.3, 0.4) is 0 Å². The first-order valence-corrected chi connectivity index (χ1v) is 5.89. The second kappa shape index (κ2) is 7.44. The number of nitrogens with zero attached hydrogens (tertiary/aromatic N) is 3. The average Bonchev–Trinajstić information content (AvgIpc) is 2.32. The van der Waals surface area contributed by atoms with Crippen LogP contribution in [-0.2, 0) is 0 Å². The van der Waals surface area contributed by atoms with Crippen molar-refractivity contribution in [2.75, 3.05) is 23.7 Å². The third-order valence-corrected chi connectivity index (χ3v) is 2.28. The van der Waals surface area contributed by atoms with Gasteiger partial charge in [-0.1, -0.05) is 13.8 Å². The van der Waals surface area contributed by atoms with Crippen LogP contribution in [0.1, 0.15) is 26.7 Å². The fourth-order valence-electron chi connectivity index (χ4n) is 1.41. The van der Waals surface area contributed by atoms with Gasteiger partial charge in [-0.15, -0.1) is 0 Å². The molecule has 0 atom stereocenters. The number of nitrogens with one attached hydrogen (secondary N) is 2. The van der Waals surface area contributed by atoms with Crippen LogP contribution in [0, 0.1) is 17.2 Å². The molecule has 0 aromatic carbocycles. The van der Waals surface area contributed by atoms with Gasteiger partial charge in [0.2, 0.25) is 0 Å². The van der Waals surface area contributed by atoms with E-state index in [0.717, 1.165) is 24.7 Å². The minimum absolute atomic E-state index is 0.254. The van der Waals surface area contributed by atoms with E-state index in [2.05, 4.69) is 34.4 Å². The highest BCUT2D eigenvalue weighted by atomic mass is 15.1. The van der Waals surface area contributed by atoms with Crippen LogP contribution in [-0.4, -0.2) is 23.1 Å². The van der Waals surface area contributed by atoms with E-state index in [1.165, 1.54) is 12.7 Å². The third kappa shape index (κ3) is 5.71. The van der Waals surface area contributed by atoms with Crippen LogP contribution in [0.2, 0.25) is 0 Å². The summed E-state index contributed by atoms with van der Waals surface area (Å²) >= 11 is 0. The van der Waals surface area contributed by atoms with Crippen molar-refractivity contribution in [3.8, 4) is 6.07 Å². The van der Waals surface area contributed by atoms with Gasteiger partial charge in [0.1, 0.15) is 24.5 Å². The van der Waals surface area contributed by atoms with Gasteiger partial charge >= 0.3 is 0 Å². The second-order valence-electron chi connectivity index (χ2n) is 4.26. The molecule has 1 heterocycles. The third-order valence-electron chi connectivity index (χ3n) is 2.28. The van der Waals surface area contributed by atoms with Gasteiger partial charge in [-0.25, -0.2) is 9.97 Å². The molecule has 1 aromatic heterocycles. The minimum Gasteiger partial charge on any atom is -0.370 e. The number of hydrogen-bond acceptors (Lipinski definition) is 5. The SMILES string of the molecule is CC(C)CCCNc1cc(NCC#N)ncn1. The lowest BCUT2D eigenvalue weighted by atomic mass is 10.1. The average molecular weight is 233 g/mol. The zero-order valence-electron chi connectivity index (χ0n) is 10.4. The summed E-state index contributed by atoms with van der Waals surface area (Å²) in [5.41, 5.74) is 0. The summed E-state index contributed by atoms with van der Waals surface area (Å²) in [6.45, 7) is 5.60. The summed E-state index contributed by atoms with van der Waals surface area (Å²) in [7, 11) is 0. The van der Waals surface area contributed by atoms with Gasteiger partial charge in [0.05, 0.1) is 6.07 Å². The first-order valence-electron chi connectivity index (χ1n) is 5.89. The zero-order valence-corrected chi connectivity index (χ0v) is 10.4. The summed E-state index contributed by atoms with van der Waals surface area (Å²) in [6, 6.07) is 3.82. The van der Waals surface area contributed by atoms with Crippen LogP contribution >= 0.6 is 0 Å². The van der Waals surface area contributed by atoms with E-state index in [0.29, 0.717) is 5.82 Å². The number of nitriles is 1. The van der Waals surface area contributed by atoms with Crippen LogP contribution in [0.5, 0.6) is 0 Å². The molecule has 0 aliphatic carbocycles. The number of anilines is 2. The van der Waals surface area contributed by atoms with Crippen LogP contribution in [0.25, 0.3) is 0 Å². The van der Waals surface area contributed by atoms with Crippen LogP contribution in [0.15, 0.2) is 12.4 Å². The maximum absolute atomic E-state index is 8.45. The molecular weight excluding hydrogens is 214 g/mol. The molecule has 92 valence electrons. The highest BCUT2D eigenvalue weighted by Gasteiger charge is 1.98. The molecule has 5 nitrogen and oxygen atoms in total. The molecule has 0 amide bonds. The molecule has 0 saturated heterocycles. The predicted molar refractivity (Wildman–Crippen MR) is 68.7 cm³/mol. The highest BCUT2D eigenvalue weighted by molar-refractivity contribution is 5.46. The molecule has 0 fully saturated rings. The molecule has 0 radical (unpaired) electrons. The van der Waals surface area contributed by atoms with Crippen molar-refractivity contribution in [2.45, 2.75) is 26.7 Å². The summed E-state index contributed by atoms with van der Waals surface area (Å²) in [5, 5.41) is 14.6. The zero-order chi connectivity index (χ0) is 12.5. The summed E-state index contributed by atoms with van der Waals surface area (Å²) in [4.78, 5) is 8.14. The van der Waals surface area contributed by atoms with Crippen LogP contribution < -0.4 is 10.6 Å². The highest BCUT2D eigenvalue weighted by Crippen LogP contribution is 2.09. The lowest BCUT2D eigenvalue weighted by Crippen LogP contribution is -2.07. The predicted octanol–water partition coefficient (Wildman–Crippen LogP) is 2.26. The molecule has 1 aromatic rings. The molecule has 5 heteroatoms. The van der Waals surface area contributed by atoms with Gasteiger partial charge in [0.25, 0.3) is 0 Å². The van der Waals surface area contributed by atoms with Gasteiger partial charge in [-0.05, 0) is 18.8 Å². The van der Waals surface area contributed by atoms with E-state index in [1.807, 2.05) is 12.1 Å². The smallest absolute Gasteiger partial charge is 0.132 e. The Labute approximate surface area is 102 Å². The second-order valence-corrected chi connectivity index (χ2v) is 4.26. The molecule has 0 saturated carbocycles. The standard InChI is InChI=1S/C12H19N5/c1-10(2)4-3-6-14-11-8-12(15-7-5-13)17-9-16-11/h8-10H,3-4,6-7H2,1-2H3,(H2,14,15,16,17). The lowest BCUT2D eigenvalue weighted by Gasteiger charge is -2.08. The van der Waals surface area contributed by atoms with E-state index >= 15 is 0 Å². The Hall–Kier alpha value is -1.83. The Morgan fingerprint density at radius 1 is 1.29 bits per heavy atom. The van der Waals surface area contributed by atoms with Crippen molar-refractivity contribution in [1.82, 2.24) is 9.97 Å². The van der Waals surface area contributed by atoms with Gasteiger partial charge < -0.3 is 10.6 Å². The molecule has 2 N–H and O–H groups in total. The van der Waals surface area contributed by atoms with Gasteiger partial charge in [0, 0.05) is 12.6 Å². The maximum atomic E-state index is 8.45. The topological polar surface area (TPSA) is 73.6 Å². The van der Waals surface area contributed by atoms with Crippen molar-refractivity contribution in [3.63, 3.8) is 0 Å². The summed E-state index contributed by atoms with van der Waals surface area (Å²) in [5.74, 6) is 2.20. The Balaban J connectivity index is 2.35. The van der Waals surface area contributed by atoms with Crippen molar-refractivity contribution in [2.24, 2.45) is 5.92 Å². The molecule has 0 spiro atoms. The van der Waals surface area contributed by atoms with Crippen LogP contribution in [0.4, 0.5) is 11.6 Å². The Morgan fingerprint density at radius 3 is 2.65 bits per heavy atom. The Morgan fingerprint density at radius 2 is 2.00 bits per heavy atom. The Bertz CT molecular complexity index is 369. The molecule has 17 heavy (non-hydrogen) atoms. The first kappa shape index (κ1) is 13.2. The molecule has 0 unspecified atom stereocenters. The van der Waals surface area contributed by atoms with E-state index in [4.69, 9.17) is 5.26 Å². The first-order chi connectivity index (χ1) is 8.22. The molecule has 0 aliphatic heterocycles. The number of rotatable bonds is 7. The number of hydrogen-bond donors (Lipinski definition) is 2. The maximum Gasteiger partial charge on any atom is 0.132 e. The monoisotopic (exact) mass is 233 g/mol. The van der Waals surface area contributed by atoms with Crippen molar-refractivity contribution >= 4 is 11.6 Å².